The van der Waals surface area contributed by atoms with Crippen LogP contribution in [0.1, 0.15) is 46.5 Å². The molecular weight excluding hydrogens is 354 g/mol. The maximum Gasteiger partial charge on any atom is 0.411 e. The highest BCUT2D eigenvalue weighted by atomic mass is 19.1. The molecule has 2 saturated carbocycles. The Balaban J connectivity index is 1.60. The molecule has 2 aliphatic carbocycles. The normalized spacial score (nSPS) is 26.6. The summed E-state index contributed by atoms with van der Waals surface area (Å²) in [5, 5.41) is 0. The summed E-state index contributed by atoms with van der Waals surface area (Å²) in [6.45, 7) is 5.35. The van der Waals surface area contributed by atoms with E-state index in [1.54, 1.807) is 20.8 Å². The number of anilines is 1. The predicted molar refractivity (Wildman–Crippen MR) is 95.2 cm³/mol. The summed E-state index contributed by atoms with van der Waals surface area (Å²) in [5.41, 5.74) is -0.578. The fraction of sp³-hybridized carbons (Fsp3) is 0.600. The number of hydrogen-bond donors (Lipinski definition) is 0. The number of hydrogen-bond acceptors (Lipinski definition) is 3. The Morgan fingerprint density at radius 1 is 1.19 bits per heavy atom. The van der Waals surface area contributed by atoms with Gasteiger partial charge in [0.15, 0.2) is 0 Å². The third-order valence-electron chi connectivity index (χ3n) is 5.31. The molecule has 0 radical (unpaired) electrons. The smallest absolute Gasteiger partial charge is 0.411 e. The van der Waals surface area contributed by atoms with E-state index in [-0.39, 0.29) is 23.7 Å². The van der Waals surface area contributed by atoms with E-state index >= 15 is 0 Å². The zero-order chi connectivity index (χ0) is 19.5. The monoisotopic (exact) mass is 378 g/mol. The van der Waals surface area contributed by atoms with Crippen LogP contribution < -0.4 is 4.90 Å². The Morgan fingerprint density at radius 2 is 1.89 bits per heavy atom. The van der Waals surface area contributed by atoms with Crippen LogP contribution in [0.25, 0.3) is 0 Å². The Kier molecular flexibility index (Phi) is 4.16. The molecule has 3 atom stereocenters. The highest BCUT2D eigenvalue weighted by Crippen LogP contribution is 2.49. The highest BCUT2D eigenvalue weighted by Gasteiger charge is 2.58. The summed E-state index contributed by atoms with van der Waals surface area (Å²) in [4.78, 5) is 29.0. The van der Waals surface area contributed by atoms with Crippen LogP contribution in [0.2, 0.25) is 0 Å². The number of fused-ring (bicyclic) bond motifs is 1. The average Bonchev–Trinajstić information content (AvgIpc) is 3.47. The van der Waals surface area contributed by atoms with Gasteiger partial charge in [-0.25, -0.2) is 13.6 Å². The second-order valence-electron chi connectivity index (χ2n) is 8.74. The van der Waals surface area contributed by atoms with E-state index in [4.69, 9.17) is 4.74 Å². The first-order chi connectivity index (χ1) is 12.7. The third kappa shape index (κ3) is 3.51. The average molecular weight is 378 g/mol. The lowest BCUT2D eigenvalue weighted by Crippen LogP contribution is -2.51. The largest absolute Gasteiger partial charge is 0.444 e. The number of carbonyl (C=O) groups is 2. The van der Waals surface area contributed by atoms with E-state index in [2.05, 4.69) is 0 Å². The fourth-order valence-corrected chi connectivity index (χ4v) is 3.92. The molecule has 1 saturated heterocycles. The van der Waals surface area contributed by atoms with Crippen molar-refractivity contribution in [3.63, 3.8) is 0 Å². The van der Waals surface area contributed by atoms with Gasteiger partial charge in [0.05, 0.1) is 5.69 Å². The topological polar surface area (TPSA) is 49.9 Å². The van der Waals surface area contributed by atoms with E-state index in [1.165, 1.54) is 15.9 Å². The van der Waals surface area contributed by atoms with Gasteiger partial charge in [-0.05, 0) is 64.5 Å². The molecule has 27 heavy (non-hydrogen) atoms. The Bertz CT molecular complexity index is 788. The van der Waals surface area contributed by atoms with Crippen molar-refractivity contribution in [3.8, 4) is 0 Å². The van der Waals surface area contributed by atoms with Gasteiger partial charge in [-0.15, -0.1) is 0 Å². The summed E-state index contributed by atoms with van der Waals surface area (Å²) in [7, 11) is 0. The maximum absolute atomic E-state index is 14.4. The predicted octanol–water partition coefficient (Wildman–Crippen LogP) is 3.86. The number of rotatable bonds is 3. The molecule has 1 heterocycles. The molecule has 7 heteroatoms. The number of likely N-dealkylation sites (tertiary alicyclic amines) is 1. The number of nitrogens with zero attached hydrogens (tertiary/aromatic N) is 2. The molecule has 0 unspecified atom stereocenters. The fourth-order valence-electron chi connectivity index (χ4n) is 3.92. The first-order valence-electron chi connectivity index (χ1n) is 9.45. The Hall–Kier alpha value is -2.18. The van der Waals surface area contributed by atoms with Crippen molar-refractivity contribution in [1.82, 2.24) is 4.90 Å². The standard InChI is InChI=1S/C20H24F2N2O3/c1-20(2,3)27-19(26)24-16-8-11(16)9-17(24)18(25)23(13-5-6-13)15-7-4-12(21)10-14(15)22/h4,7,10-11,13,16-17H,5-6,8-9H2,1-3H3/t11-,16-,17+/m1/s1. The summed E-state index contributed by atoms with van der Waals surface area (Å²) in [5.74, 6) is -1.45. The van der Waals surface area contributed by atoms with E-state index in [0.29, 0.717) is 12.3 Å². The molecule has 0 N–H and O–H groups in total. The molecular formula is C20H24F2N2O3. The summed E-state index contributed by atoms with van der Waals surface area (Å²) in [6.07, 6.45) is 2.48. The lowest BCUT2D eigenvalue weighted by Gasteiger charge is -2.33. The molecule has 4 rings (SSSR count). The quantitative estimate of drug-likeness (QED) is 0.803. The number of piperidine rings is 1. The Labute approximate surface area is 157 Å². The van der Waals surface area contributed by atoms with E-state index in [9.17, 15) is 18.4 Å². The lowest BCUT2D eigenvalue weighted by molar-refractivity contribution is -0.123. The van der Waals surface area contributed by atoms with Crippen molar-refractivity contribution in [3.05, 3.63) is 29.8 Å². The van der Waals surface area contributed by atoms with E-state index in [1.807, 2.05) is 0 Å². The second kappa shape index (κ2) is 6.17. The van der Waals surface area contributed by atoms with Crippen molar-refractivity contribution in [1.29, 1.82) is 0 Å². The van der Waals surface area contributed by atoms with Crippen LogP contribution in [-0.2, 0) is 9.53 Å². The minimum absolute atomic E-state index is 0.0212. The molecule has 1 aliphatic heterocycles. The molecule has 1 aromatic rings. The highest BCUT2D eigenvalue weighted by molar-refractivity contribution is 6.00. The first-order valence-corrected chi connectivity index (χ1v) is 9.45. The van der Waals surface area contributed by atoms with Gasteiger partial charge in [0.2, 0.25) is 5.91 Å². The summed E-state index contributed by atoms with van der Waals surface area (Å²) >= 11 is 0. The second-order valence-corrected chi connectivity index (χ2v) is 8.74. The molecule has 2 amide bonds. The van der Waals surface area contributed by atoms with Crippen molar-refractivity contribution in [2.45, 2.75) is 70.2 Å². The molecule has 0 spiro atoms. The lowest BCUT2D eigenvalue weighted by atomic mass is 10.1. The molecule has 3 aliphatic rings. The molecule has 5 nitrogen and oxygen atoms in total. The summed E-state index contributed by atoms with van der Waals surface area (Å²) in [6, 6.07) is 2.50. The van der Waals surface area contributed by atoms with Crippen LogP contribution in [0.5, 0.6) is 0 Å². The van der Waals surface area contributed by atoms with E-state index < -0.39 is 29.4 Å². The van der Waals surface area contributed by atoms with Gasteiger partial charge < -0.3 is 9.64 Å². The van der Waals surface area contributed by atoms with Crippen molar-refractivity contribution >= 4 is 17.7 Å². The van der Waals surface area contributed by atoms with Gasteiger partial charge in [0.1, 0.15) is 23.3 Å². The molecule has 1 aromatic carbocycles. The van der Waals surface area contributed by atoms with Crippen LogP contribution in [-0.4, -0.2) is 40.6 Å². The molecule has 0 bridgehead atoms. The molecule has 146 valence electrons. The van der Waals surface area contributed by atoms with Gasteiger partial charge >= 0.3 is 6.09 Å². The van der Waals surface area contributed by atoms with Gasteiger partial charge in [-0.2, -0.15) is 0 Å². The van der Waals surface area contributed by atoms with Gasteiger partial charge in [0, 0.05) is 18.2 Å². The van der Waals surface area contributed by atoms with Crippen molar-refractivity contribution in [2.24, 2.45) is 5.92 Å². The zero-order valence-electron chi connectivity index (χ0n) is 15.7. The number of halogens is 2. The zero-order valence-corrected chi connectivity index (χ0v) is 15.7. The minimum atomic E-state index is -0.762. The van der Waals surface area contributed by atoms with Crippen LogP contribution >= 0.6 is 0 Å². The van der Waals surface area contributed by atoms with Crippen LogP contribution in [0.3, 0.4) is 0 Å². The van der Waals surface area contributed by atoms with Gasteiger partial charge in [-0.1, -0.05) is 0 Å². The summed E-state index contributed by atoms with van der Waals surface area (Å²) < 4.78 is 33.2. The third-order valence-corrected chi connectivity index (χ3v) is 5.31. The number of ether oxygens (including phenoxy) is 1. The number of amides is 2. The molecule has 0 aromatic heterocycles. The van der Waals surface area contributed by atoms with Crippen molar-refractivity contribution in [2.75, 3.05) is 4.90 Å². The maximum atomic E-state index is 14.4. The van der Waals surface area contributed by atoms with E-state index in [0.717, 1.165) is 31.4 Å². The molecule has 3 fully saturated rings. The van der Waals surface area contributed by atoms with Gasteiger partial charge in [-0.3, -0.25) is 9.69 Å². The van der Waals surface area contributed by atoms with Crippen LogP contribution in [0.15, 0.2) is 18.2 Å². The SMILES string of the molecule is CC(C)(C)OC(=O)N1[C@@H]2C[C@@H]2C[C@H]1C(=O)N(c1ccc(F)cc1F)C1CC1. The number of benzene rings is 1. The van der Waals surface area contributed by atoms with Crippen LogP contribution in [0.4, 0.5) is 19.3 Å². The minimum Gasteiger partial charge on any atom is -0.444 e. The Morgan fingerprint density at radius 3 is 2.48 bits per heavy atom. The number of carbonyl (C=O) groups excluding carboxylic acids is 2. The van der Waals surface area contributed by atoms with Crippen molar-refractivity contribution < 1.29 is 23.1 Å². The van der Waals surface area contributed by atoms with Gasteiger partial charge in [0.25, 0.3) is 0 Å². The first kappa shape index (κ1) is 18.2. The van der Waals surface area contributed by atoms with Crippen LogP contribution in [0, 0.1) is 17.6 Å².